The van der Waals surface area contributed by atoms with Gasteiger partial charge in [-0.05, 0) is 32.0 Å². The molecule has 2 N–H and O–H groups in total. The molecule has 1 aliphatic heterocycles. The van der Waals surface area contributed by atoms with E-state index in [-0.39, 0.29) is 12.1 Å². The molecule has 1 aliphatic rings. The van der Waals surface area contributed by atoms with Gasteiger partial charge in [-0.2, -0.15) is 0 Å². The number of rotatable bonds is 1. The van der Waals surface area contributed by atoms with Gasteiger partial charge >= 0.3 is 6.03 Å². The second kappa shape index (κ2) is 5.68. The molecule has 0 aliphatic carbocycles. The van der Waals surface area contributed by atoms with E-state index < -0.39 is 0 Å². The minimum Gasteiger partial charge on any atom is -0.321 e. The van der Waals surface area contributed by atoms with E-state index in [1.807, 2.05) is 35.2 Å². The van der Waals surface area contributed by atoms with E-state index in [0.717, 1.165) is 31.7 Å². The van der Waals surface area contributed by atoms with Gasteiger partial charge in [0.2, 0.25) is 0 Å². The van der Waals surface area contributed by atoms with Gasteiger partial charge in [0, 0.05) is 24.8 Å². The average Bonchev–Trinajstić information content (AvgIpc) is 2.55. The minimum absolute atomic E-state index is 0.00704. The fraction of sp³-hybridized carbons (Fsp3) is 0.462. The van der Waals surface area contributed by atoms with Crippen LogP contribution in [0, 0.1) is 0 Å². The number of anilines is 1. The largest absolute Gasteiger partial charge is 0.322 e. The Kier molecular flexibility index (Phi) is 3.98. The fourth-order valence-corrected chi connectivity index (χ4v) is 2.03. The smallest absolute Gasteiger partial charge is 0.321 e. The topological polar surface area (TPSA) is 44.4 Å². The summed E-state index contributed by atoms with van der Waals surface area (Å²) in [7, 11) is 0. The number of nitrogens with zero attached hydrogens (tertiary/aromatic N) is 1. The number of nitrogens with one attached hydrogen (secondary N) is 2. The number of para-hydroxylation sites is 1. The molecule has 92 valence electrons. The van der Waals surface area contributed by atoms with E-state index in [1.165, 1.54) is 0 Å². The molecular formula is C13H19N3O. The minimum atomic E-state index is -0.00704. The second-order valence-corrected chi connectivity index (χ2v) is 4.38. The third-order valence-corrected chi connectivity index (χ3v) is 3.09. The second-order valence-electron chi connectivity index (χ2n) is 4.38. The molecule has 0 aromatic heterocycles. The van der Waals surface area contributed by atoms with Crippen LogP contribution < -0.4 is 10.6 Å². The quantitative estimate of drug-likeness (QED) is 0.778. The van der Waals surface area contributed by atoms with Gasteiger partial charge in [0.15, 0.2) is 0 Å². The Hall–Kier alpha value is -1.55. The maximum absolute atomic E-state index is 12.1. The van der Waals surface area contributed by atoms with E-state index in [9.17, 15) is 4.79 Å². The van der Waals surface area contributed by atoms with Gasteiger partial charge in [0.05, 0.1) is 0 Å². The first-order valence-electron chi connectivity index (χ1n) is 6.11. The van der Waals surface area contributed by atoms with Crippen LogP contribution in [-0.2, 0) is 0 Å². The Morgan fingerprint density at radius 2 is 2.12 bits per heavy atom. The number of urea groups is 1. The first-order valence-corrected chi connectivity index (χ1v) is 6.11. The molecule has 4 nitrogen and oxygen atoms in total. The van der Waals surface area contributed by atoms with Crippen molar-refractivity contribution in [3.05, 3.63) is 30.3 Å². The predicted octanol–water partition coefficient (Wildman–Crippen LogP) is 1.90. The lowest BCUT2D eigenvalue weighted by molar-refractivity contribution is 0.196. The molecule has 1 fully saturated rings. The highest BCUT2D eigenvalue weighted by atomic mass is 16.2. The van der Waals surface area contributed by atoms with Crippen LogP contribution >= 0.6 is 0 Å². The number of hydrogen-bond donors (Lipinski definition) is 2. The molecule has 0 saturated carbocycles. The van der Waals surface area contributed by atoms with Gasteiger partial charge in [0.25, 0.3) is 0 Å². The Labute approximate surface area is 102 Å². The zero-order chi connectivity index (χ0) is 12.1. The van der Waals surface area contributed by atoms with Crippen LogP contribution in [-0.4, -0.2) is 36.6 Å². The lowest BCUT2D eigenvalue weighted by Gasteiger charge is -2.26. The molecule has 2 amide bonds. The SMILES string of the molecule is CC1CCNCCN1C(=O)Nc1ccccc1. The van der Waals surface area contributed by atoms with E-state index in [4.69, 9.17) is 0 Å². The Balaban J connectivity index is 1.99. The fourth-order valence-electron chi connectivity index (χ4n) is 2.03. The highest BCUT2D eigenvalue weighted by Crippen LogP contribution is 2.11. The van der Waals surface area contributed by atoms with Crippen LogP contribution in [0.5, 0.6) is 0 Å². The molecule has 1 heterocycles. The monoisotopic (exact) mass is 233 g/mol. The van der Waals surface area contributed by atoms with E-state index in [0.29, 0.717) is 0 Å². The number of carbonyl (C=O) groups is 1. The third-order valence-electron chi connectivity index (χ3n) is 3.09. The molecule has 1 aromatic carbocycles. The molecule has 1 saturated heterocycles. The average molecular weight is 233 g/mol. The Morgan fingerprint density at radius 1 is 1.35 bits per heavy atom. The summed E-state index contributed by atoms with van der Waals surface area (Å²) >= 11 is 0. The molecule has 1 unspecified atom stereocenters. The molecule has 1 atom stereocenters. The van der Waals surface area contributed by atoms with Crippen LogP contribution in [0.4, 0.5) is 10.5 Å². The summed E-state index contributed by atoms with van der Waals surface area (Å²) in [5.74, 6) is 0. The van der Waals surface area contributed by atoms with Crippen molar-refractivity contribution in [2.45, 2.75) is 19.4 Å². The van der Waals surface area contributed by atoms with Gasteiger partial charge in [-0.25, -0.2) is 4.79 Å². The molecule has 0 radical (unpaired) electrons. The van der Waals surface area contributed by atoms with Gasteiger partial charge in [0.1, 0.15) is 0 Å². The summed E-state index contributed by atoms with van der Waals surface area (Å²) in [6.07, 6.45) is 1.00. The summed E-state index contributed by atoms with van der Waals surface area (Å²) in [6, 6.07) is 9.86. The van der Waals surface area contributed by atoms with Crippen molar-refractivity contribution in [3.63, 3.8) is 0 Å². The first kappa shape index (κ1) is 11.9. The summed E-state index contributed by atoms with van der Waals surface area (Å²) in [5, 5.41) is 6.23. The number of carbonyl (C=O) groups excluding carboxylic acids is 1. The molecule has 0 spiro atoms. The van der Waals surface area contributed by atoms with Crippen molar-refractivity contribution in [2.75, 3.05) is 25.0 Å². The molecule has 17 heavy (non-hydrogen) atoms. The van der Waals surface area contributed by atoms with Crippen molar-refractivity contribution in [1.82, 2.24) is 10.2 Å². The zero-order valence-electron chi connectivity index (χ0n) is 10.1. The van der Waals surface area contributed by atoms with Crippen molar-refractivity contribution in [2.24, 2.45) is 0 Å². The van der Waals surface area contributed by atoms with Crippen LogP contribution in [0.1, 0.15) is 13.3 Å². The van der Waals surface area contributed by atoms with E-state index in [2.05, 4.69) is 17.6 Å². The van der Waals surface area contributed by atoms with Gasteiger partial charge in [-0.3, -0.25) is 0 Å². The lowest BCUT2D eigenvalue weighted by atomic mass is 10.2. The number of amides is 2. The van der Waals surface area contributed by atoms with Crippen molar-refractivity contribution < 1.29 is 4.79 Å². The van der Waals surface area contributed by atoms with Crippen LogP contribution in [0.25, 0.3) is 0 Å². The Bertz CT molecular complexity index is 366. The predicted molar refractivity (Wildman–Crippen MR) is 69.1 cm³/mol. The number of hydrogen-bond acceptors (Lipinski definition) is 2. The van der Waals surface area contributed by atoms with E-state index in [1.54, 1.807) is 0 Å². The maximum atomic E-state index is 12.1. The van der Waals surface area contributed by atoms with Crippen molar-refractivity contribution in [1.29, 1.82) is 0 Å². The highest BCUT2D eigenvalue weighted by Gasteiger charge is 2.21. The van der Waals surface area contributed by atoms with Crippen molar-refractivity contribution in [3.8, 4) is 0 Å². The molecule has 1 aromatic rings. The first-order chi connectivity index (χ1) is 8.27. The van der Waals surface area contributed by atoms with Crippen molar-refractivity contribution >= 4 is 11.7 Å². The standard InChI is InChI=1S/C13H19N3O/c1-11-7-8-14-9-10-16(11)13(17)15-12-5-3-2-4-6-12/h2-6,11,14H,7-10H2,1H3,(H,15,17). The molecule has 0 bridgehead atoms. The van der Waals surface area contributed by atoms with Crippen LogP contribution in [0.15, 0.2) is 30.3 Å². The molecule has 4 heteroatoms. The molecular weight excluding hydrogens is 214 g/mol. The maximum Gasteiger partial charge on any atom is 0.322 e. The summed E-state index contributed by atoms with van der Waals surface area (Å²) in [4.78, 5) is 14.0. The zero-order valence-corrected chi connectivity index (χ0v) is 10.1. The summed E-state index contributed by atoms with van der Waals surface area (Å²) in [6.45, 7) is 4.71. The highest BCUT2D eigenvalue weighted by molar-refractivity contribution is 5.89. The van der Waals surface area contributed by atoms with Gasteiger partial charge in [-0.1, -0.05) is 18.2 Å². The summed E-state index contributed by atoms with van der Waals surface area (Å²) in [5.41, 5.74) is 0.849. The van der Waals surface area contributed by atoms with E-state index >= 15 is 0 Å². The lowest BCUT2D eigenvalue weighted by Crippen LogP contribution is -2.42. The van der Waals surface area contributed by atoms with Gasteiger partial charge in [-0.15, -0.1) is 0 Å². The third kappa shape index (κ3) is 3.20. The Morgan fingerprint density at radius 3 is 2.88 bits per heavy atom. The summed E-state index contributed by atoms with van der Waals surface area (Å²) < 4.78 is 0. The normalized spacial score (nSPS) is 20.8. The van der Waals surface area contributed by atoms with Gasteiger partial charge < -0.3 is 15.5 Å². The van der Waals surface area contributed by atoms with Crippen LogP contribution in [0.2, 0.25) is 0 Å². The molecule has 2 rings (SSSR count). The number of benzene rings is 1. The van der Waals surface area contributed by atoms with Crippen LogP contribution in [0.3, 0.4) is 0 Å².